The van der Waals surface area contributed by atoms with E-state index in [9.17, 15) is 4.79 Å². The standard InChI is InChI=1S/C24H27N3O3S/c1-15-7-8-18(16(2)11-15)25-24-26-23(28)22(31-24)13-17-12-21(30-4)19(14-20(17)29-3)27-9-5-6-10-27/h7-8,11-14H,5-6,9-10H2,1-4H3,(H,25,26,28)/b22-13+. The summed E-state index contributed by atoms with van der Waals surface area (Å²) in [5.41, 5.74) is 4.93. The van der Waals surface area contributed by atoms with E-state index < -0.39 is 0 Å². The van der Waals surface area contributed by atoms with E-state index in [2.05, 4.69) is 21.3 Å². The van der Waals surface area contributed by atoms with Crippen LogP contribution in [-0.2, 0) is 4.79 Å². The molecule has 0 bridgehead atoms. The summed E-state index contributed by atoms with van der Waals surface area (Å²) in [6.07, 6.45) is 4.19. The molecule has 31 heavy (non-hydrogen) atoms. The van der Waals surface area contributed by atoms with Crippen LogP contribution in [0.3, 0.4) is 0 Å². The minimum atomic E-state index is -0.168. The monoisotopic (exact) mass is 437 g/mol. The number of benzene rings is 2. The average Bonchev–Trinajstić information content (AvgIpc) is 3.40. The van der Waals surface area contributed by atoms with Crippen LogP contribution in [0.15, 0.2) is 40.2 Å². The molecule has 0 radical (unpaired) electrons. The van der Waals surface area contributed by atoms with Gasteiger partial charge in [-0.15, -0.1) is 0 Å². The summed E-state index contributed by atoms with van der Waals surface area (Å²) in [5, 5.41) is 3.43. The topological polar surface area (TPSA) is 63.2 Å². The Morgan fingerprint density at radius 2 is 1.81 bits per heavy atom. The second kappa shape index (κ2) is 9.06. The zero-order valence-electron chi connectivity index (χ0n) is 18.3. The summed E-state index contributed by atoms with van der Waals surface area (Å²) >= 11 is 1.33. The molecule has 2 saturated heterocycles. The fourth-order valence-corrected chi connectivity index (χ4v) is 4.71. The molecule has 2 aromatic rings. The Balaban J connectivity index is 1.64. The Bertz CT molecular complexity index is 1070. The maximum Gasteiger partial charge on any atom is 0.264 e. The number of methoxy groups -OCH3 is 2. The van der Waals surface area contributed by atoms with E-state index in [1.165, 1.54) is 30.2 Å². The normalized spacial score (nSPS) is 18.7. The van der Waals surface area contributed by atoms with Crippen LogP contribution in [0.5, 0.6) is 11.5 Å². The van der Waals surface area contributed by atoms with Gasteiger partial charge in [-0.2, -0.15) is 0 Å². The number of rotatable bonds is 5. The van der Waals surface area contributed by atoms with Crippen molar-refractivity contribution >= 4 is 40.3 Å². The van der Waals surface area contributed by atoms with E-state index in [-0.39, 0.29) is 5.91 Å². The molecule has 0 aliphatic carbocycles. The van der Waals surface area contributed by atoms with Gasteiger partial charge in [0.2, 0.25) is 0 Å². The number of nitrogens with one attached hydrogen (secondary N) is 1. The molecule has 2 aliphatic rings. The molecule has 1 amide bonds. The van der Waals surface area contributed by atoms with Gasteiger partial charge in [-0.25, -0.2) is 4.99 Å². The van der Waals surface area contributed by atoms with Gasteiger partial charge in [-0.1, -0.05) is 17.7 Å². The molecule has 2 fully saturated rings. The van der Waals surface area contributed by atoms with Gasteiger partial charge in [-0.05, 0) is 62.2 Å². The van der Waals surface area contributed by atoms with E-state index in [0.717, 1.165) is 41.3 Å². The number of aryl methyl sites for hydroxylation is 2. The summed E-state index contributed by atoms with van der Waals surface area (Å²) in [6, 6.07) is 10.0. The number of hydrogen-bond donors (Lipinski definition) is 1. The number of thioether (sulfide) groups is 1. The van der Waals surface area contributed by atoms with Crippen molar-refractivity contribution in [3.8, 4) is 11.5 Å². The second-order valence-electron chi connectivity index (χ2n) is 7.73. The van der Waals surface area contributed by atoms with Gasteiger partial charge in [-0.3, -0.25) is 4.79 Å². The van der Waals surface area contributed by atoms with Crippen molar-refractivity contribution in [2.24, 2.45) is 4.99 Å². The lowest BCUT2D eigenvalue weighted by molar-refractivity contribution is -0.115. The summed E-state index contributed by atoms with van der Waals surface area (Å²) in [4.78, 5) is 20.1. The molecule has 2 heterocycles. The van der Waals surface area contributed by atoms with Crippen LogP contribution in [0.25, 0.3) is 6.08 Å². The minimum absolute atomic E-state index is 0.168. The quantitative estimate of drug-likeness (QED) is 0.680. The highest BCUT2D eigenvalue weighted by Gasteiger charge is 2.25. The lowest BCUT2D eigenvalue weighted by atomic mass is 10.1. The molecule has 6 nitrogen and oxygen atoms in total. The molecule has 0 aromatic heterocycles. The Labute approximate surface area is 187 Å². The SMILES string of the molecule is COc1cc(N2CCCC2)c(OC)cc1/C=C1/SC(=Nc2ccc(C)cc2C)NC1=O. The van der Waals surface area contributed by atoms with Crippen LogP contribution in [0, 0.1) is 13.8 Å². The van der Waals surface area contributed by atoms with E-state index >= 15 is 0 Å². The summed E-state index contributed by atoms with van der Waals surface area (Å²) in [5.74, 6) is 1.32. The van der Waals surface area contributed by atoms with Gasteiger partial charge in [0, 0.05) is 24.7 Å². The predicted molar refractivity (Wildman–Crippen MR) is 128 cm³/mol. The molecule has 4 rings (SSSR count). The smallest absolute Gasteiger partial charge is 0.264 e. The Hall–Kier alpha value is -2.93. The van der Waals surface area contributed by atoms with E-state index in [1.807, 2.05) is 44.2 Å². The number of carbonyl (C=O) groups is 1. The highest BCUT2D eigenvalue weighted by Crippen LogP contribution is 2.39. The zero-order valence-corrected chi connectivity index (χ0v) is 19.1. The molecule has 1 N–H and O–H groups in total. The first-order chi connectivity index (χ1) is 15.0. The Morgan fingerprint density at radius 3 is 2.48 bits per heavy atom. The highest BCUT2D eigenvalue weighted by atomic mass is 32.2. The van der Waals surface area contributed by atoms with E-state index in [4.69, 9.17) is 9.47 Å². The van der Waals surface area contributed by atoms with Gasteiger partial charge in [0.1, 0.15) is 11.5 Å². The average molecular weight is 438 g/mol. The summed E-state index contributed by atoms with van der Waals surface area (Å²) in [7, 11) is 3.32. The highest BCUT2D eigenvalue weighted by molar-refractivity contribution is 8.18. The van der Waals surface area contributed by atoms with Crippen molar-refractivity contribution in [1.29, 1.82) is 0 Å². The predicted octanol–water partition coefficient (Wildman–Crippen LogP) is 4.81. The third-order valence-corrected chi connectivity index (χ3v) is 6.40. The van der Waals surface area contributed by atoms with Gasteiger partial charge < -0.3 is 19.7 Å². The van der Waals surface area contributed by atoms with Crippen molar-refractivity contribution < 1.29 is 14.3 Å². The first-order valence-corrected chi connectivity index (χ1v) is 11.2. The van der Waals surface area contributed by atoms with E-state index in [1.54, 1.807) is 14.2 Å². The number of carbonyl (C=O) groups excluding carboxylic acids is 1. The third kappa shape index (κ3) is 4.56. The number of amidine groups is 1. The summed E-state index contributed by atoms with van der Waals surface area (Å²) in [6.45, 7) is 6.09. The van der Waals surface area contributed by atoms with Crippen molar-refractivity contribution in [2.45, 2.75) is 26.7 Å². The molecule has 2 aliphatic heterocycles. The Kier molecular flexibility index (Phi) is 6.23. The fraction of sp³-hybridized carbons (Fsp3) is 0.333. The molecule has 0 spiro atoms. The van der Waals surface area contributed by atoms with Gasteiger partial charge in [0.25, 0.3) is 5.91 Å². The van der Waals surface area contributed by atoms with E-state index in [0.29, 0.717) is 15.8 Å². The first kappa shape index (κ1) is 21.3. The minimum Gasteiger partial charge on any atom is -0.496 e. The van der Waals surface area contributed by atoms with Crippen molar-refractivity contribution in [3.63, 3.8) is 0 Å². The second-order valence-corrected chi connectivity index (χ2v) is 8.76. The molecule has 0 atom stereocenters. The number of ether oxygens (including phenoxy) is 2. The van der Waals surface area contributed by atoms with Crippen LogP contribution in [-0.4, -0.2) is 38.4 Å². The number of aliphatic imine (C=N–C) groups is 1. The summed E-state index contributed by atoms with van der Waals surface area (Å²) < 4.78 is 11.3. The molecule has 0 saturated carbocycles. The van der Waals surface area contributed by atoms with Crippen molar-refractivity contribution in [1.82, 2.24) is 5.32 Å². The van der Waals surface area contributed by atoms with Gasteiger partial charge in [0.05, 0.1) is 30.5 Å². The van der Waals surface area contributed by atoms with Crippen LogP contribution in [0.1, 0.15) is 29.5 Å². The lowest BCUT2D eigenvalue weighted by Crippen LogP contribution is -2.19. The number of amides is 1. The number of hydrogen-bond acceptors (Lipinski definition) is 6. The van der Waals surface area contributed by atoms with Gasteiger partial charge >= 0.3 is 0 Å². The maximum atomic E-state index is 12.6. The van der Waals surface area contributed by atoms with Crippen LogP contribution >= 0.6 is 11.8 Å². The Morgan fingerprint density at radius 1 is 1.06 bits per heavy atom. The van der Waals surface area contributed by atoms with Gasteiger partial charge in [0.15, 0.2) is 5.17 Å². The molecular formula is C24H27N3O3S. The third-order valence-electron chi connectivity index (χ3n) is 5.49. The molecule has 2 aromatic carbocycles. The lowest BCUT2D eigenvalue weighted by Gasteiger charge is -2.22. The first-order valence-electron chi connectivity index (χ1n) is 10.4. The van der Waals surface area contributed by atoms with Crippen LogP contribution in [0.4, 0.5) is 11.4 Å². The number of anilines is 1. The van der Waals surface area contributed by atoms with Crippen LogP contribution < -0.4 is 19.7 Å². The number of nitrogens with zero attached hydrogens (tertiary/aromatic N) is 2. The van der Waals surface area contributed by atoms with Crippen molar-refractivity contribution in [3.05, 3.63) is 51.9 Å². The maximum absolute atomic E-state index is 12.6. The zero-order chi connectivity index (χ0) is 22.0. The molecular weight excluding hydrogens is 410 g/mol. The largest absolute Gasteiger partial charge is 0.496 e. The fourth-order valence-electron chi connectivity index (χ4n) is 3.89. The molecule has 0 unspecified atom stereocenters. The van der Waals surface area contributed by atoms with Crippen LogP contribution in [0.2, 0.25) is 0 Å². The molecule has 7 heteroatoms. The molecule has 162 valence electrons. The van der Waals surface area contributed by atoms with Crippen molar-refractivity contribution in [2.75, 3.05) is 32.2 Å².